The largest absolute Gasteiger partial charge is 0.489 e. The number of ether oxygens (including phenoxy) is 2. The third-order valence-corrected chi connectivity index (χ3v) is 16.2. The highest BCUT2D eigenvalue weighted by Gasteiger charge is 2.29. The van der Waals surface area contributed by atoms with E-state index in [-0.39, 0.29) is 0 Å². The topological polar surface area (TPSA) is 49.2 Å². The first kappa shape index (κ1) is 50.2. The smallest absolute Gasteiger partial charge is 0.172 e. The lowest BCUT2D eigenvalue weighted by Crippen LogP contribution is -2.11. The van der Waals surface area contributed by atoms with Gasteiger partial charge in [0.1, 0.15) is 11.0 Å². The predicted octanol–water partition coefficient (Wildman–Crippen LogP) is 19.7. The Bertz CT molecular complexity index is 2460. The Morgan fingerprint density at radius 1 is 0.500 bits per heavy atom. The summed E-state index contributed by atoms with van der Waals surface area (Å²) in [6.45, 7) is 11.6. The molecule has 1 atom stereocenters. The average molecular weight is 946 g/mol. The van der Waals surface area contributed by atoms with E-state index in [4.69, 9.17) is 18.2 Å². The molecule has 0 saturated heterocycles. The first-order valence-corrected chi connectivity index (χ1v) is 28.8. The van der Waals surface area contributed by atoms with Gasteiger partial charge in [-0.05, 0) is 72.9 Å². The lowest BCUT2D eigenvalue weighted by molar-refractivity contribution is 0.260. The minimum Gasteiger partial charge on any atom is -0.489 e. The molecular formula is C58H79N3O2S3. The Morgan fingerprint density at radius 2 is 1.03 bits per heavy atom. The monoisotopic (exact) mass is 946 g/mol. The molecule has 0 spiro atoms. The fourth-order valence-corrected chi connectivity index (χ4v) is 12.3. The lowest BCUT2D eigenvalue weighted by Gasteiger charge is -2.20. The van der Waals surface area contributed by atoms with Crippen LogP contribution in [0.2, 0.25) is 0 Å². The van der Waals surface area contributed by atoms with Gasteiger partial charge in [-0.25, -0.2) is 0 Å². The molecule has 0 bridgehead atoms. The zero-order chi connectivity index (χ0) is 45.8. The lowest BCUT2D eigenvalue weighted by atomic mass is 9.94. The van der Waals surface area contributed by atoms with Crippen LogP contribution < -0.4 is 9.47 Å². The molecule has 0 aliphatic heterocycles. The van der Waals surface area contributed by atoms with E-state index in [2.05, 4.69) is 104 Å². The predicted molar refractivity (Wildman–Crippen MR) is 290 cm³/mol. The van der Waals surface area contributed by atoms with Gasteiger partial charge in [-0.3, -0.25) is 0 Å². The number of nitrogens with zero attached hydrogens (tertiary/aromatic N) is 3. The van der Waals surface area contributed by atoms with Gasteiger partial charge in [-0.2, -0.15) is 8.75 Å². The van der Waals surface area contributed by atoms with Crippen molar-refractivity contribution in [2.24, 2.45) is 5.92 Å². The van der Waals surface area contributed by atoms with E-state index in [1.807, 2.05) is 11.3 Å². The number of hydrogen-bond acceptors (Lipinski definition) is 7. The molecule has 4 heterocycles. The molecule has 0 aliphatic rings. The van der Waals surface area contributed by atoms with Crippen LogP contribution in [0.25, 0.3) is 64.2 Å². The van der Waals surface area contributed by atoms with Crippen molar-refractivity contribution in [1.82, 2.24) is 13.3 Å². The fraction of sp³-hybridized carbons (Fsp3) is 0.552. The summed E-state index contributed by atoms with van der Waals surface area (Å²) in [4.78, 5) is 3.55. The van der Waals surface area contributed by atoms with Gasteiger partial charge in [0.05, 0.1) is 36.1 Å². The third kappa shape index (κ3) is 13.3. The second-order valence-corrected chi connectivity index (χ2v) is 21.4. The van der Waals surface area contributed by atoms with Crippen molar-refractivity contribution in [3.63, 3.8) is 0 Å². The number of fused-ring (bicyclic) bond motifs is 4. The number of para-hydroxylation sites is 1. The summed E-state index contributed by atoms with van der Waals surface area (Å²) >= 11 is 4.87. The molecule has 0 saturated carbocycles. The Labute approximate surface area is 410 Å². The van der Waals surface area contributed by atoms with E-state index in [9.17, 15) is 0 Å². The standard InChI is InChI=1S/C58H79N3O2S3/c1-5-9-13-17-20-24-31-44(30-23-16-12-8-4)43-61-48-33-26-25-32-46(48)47-36-35-45(42-49(47)61)50-37-38-52(65-50)54-56-55(59-66-60-56)53(51-34-29-41-64-51)57(62-39-27-21-18-14-10-6-2)58(54)63-40-28-22-19-15-11-7-3/h25-26,29,32-38,41-42,44H,5-24,27-28,30-31,39-40,43H2,1-4H3. The normalized spacial score (nSPS) is 12.3. The molecule has 0 amide bonds. The van der Waals surface area contributed by atoms with Crippen LogP contribution in [0.15, 0.2) is 72.1 Å². The van der Waals surface area contributed by atoms with Crippen molar-refractivity contribution in [3.8, 4) is 42.8 Å². The van der Waals surface area contributed by atoms with E-state index in [1.165, 1.54) is 185 Å². The molecule has 8 heteroatoms. The van der Waals surface area contributed by atoms with Gasteiger partial charge in [0.25, 0.3) is 0 Å². The Kier molecular flexibility index (Phi) is 20.8. The van der Waals surface area contributed by atoms with E-state index >= 15 is 0 Å². The zero-order valence-corrected chi connectivity index (χ0v) is 43.4. The van der Waals surface area contributed by atoms with E-state index < -0.39 is 0 Å². The molecular weight excluding hydrogens is 867 g/mol. The van der Waals surface area contributed by atoms with Crippen LogP contribution in [0.4, 0.5) is 0 Å². The number of rotatable bonds is 33. The molecule has 0 N–H and O–H groups in total. The van der Waals surface area contributed by atoms with Crippen LogP contribution in [0.5, 0.6) is 11.5 Å². The van der Waals surface area contributed by atoms with Crippen LogP contribution in [-0.2, 0) is 6.54 Å². The minimum absolute atomic E-state index is 0.650. The van der Waals surface area contributed by atoms with E-state index in [1.54, 1.807) is 11.3 Å². The van der Waals surface area contributed by atoms with Gasteiger partial charge in [-0.1, -0.05) is 193 Å². The van der Waals surface area contributed by atoms with Crippen LogP contribution in [0, 0.1) is 5.92 Å². The number of thiophene rings is 2. The molecule has 0 radical (unpaired) electrons. The van der Waals surface area contributed by atoms with Crippen molar-refractivity contribution in [2.75, 3.05) is 13.2 Å². The number of unbranched alkanes of at least 4 members (excludes halogenated alkanes) is 18. The van der Waals surface area contributed by atoms with Gasteiger partial charge in [0, 0.05) is 43.0 Å². The van der Waals surface area contributed by atoms with Gasteiger partial charge < -0.3 is 14.0 Å². The van der Waals surface area contributed by atoms with Crippen molar-refractivity contribution in [2.45, 2.75) is 188 Å². The molecule has 1 unspecified atom stereocenters. The second-order valence-electron chi connectivity index (χ2n) is 18.9. The van der Waals surface area contributed by atoms with Crippen LogP contribution >= 0.6 is 34.4 Å². The number of benzene rings is 3. The fourth-order valence-electron chi connectivity index (χ4n) is 9.91. The van der Waals surface area contributed by atoms with Gasteiger partial charge in [0.15, 0.2) is 11.5 Å². The number of hydrogen-bond donors (Lipinski definition) is 0. The van der Waals surface area contributed by atoms with E-state index in [0.717, 1.165) is 62.8 Å². The first-order valence-electron chi connectivity index (χ1n) is 26.4. The van der Waals surface area contributed by atoms with Crippen LogP contribution in [0.3, 0.4) is 0 Å². The SMILES string of the molecule is CCCCCCCCOc1c(OCCCCCCCC)c(-c2ccc(-c3ccc4c5ccccc5n(CC(CCCCCC)CCCCCCCC)c4c3)s2)c2nsnc2c1-c1cccs1. The molecule has 356 valence electrons. The van der Waals surface area contributed by atoms with Crippen molar-refractivity contribution in [3.05, 3.63) is 72.1 Å². The molecule has 5 nitrogen and oxygen atoms in total. The molecule has 3 aromatic carbocycles. The number of aromatic nitrogens is 3. The molecule has 4 aromatic heterocycles. The second kappa shape index (κ2) is 27.3. The highest BCUT2D eigenvalue weighted by molar-refractivity contribution is 7.19. The Balaban J connectivity index is 1.24. The van der Waals surface area contributed by atoms with Crippen LogP contribution in [-0.4, -0.2) is 26.5 Å². The summed E-state index contributed by atoms with van der Waals surface area (Å²) < 4.78 is 26.7. The van der Waals surface area contributed by atoms with Crippen molar-refractivity contribution in [1.29, 1.82) is 0 Å². The summed E-state index contributed by atoms with van der Waals surface area (Å²) in [7, 11) is 0. The van der Waals surface area contributed by atoms with Gasteiger partial charge in [0.2, 0.25) is 0 Å². The van der Waals surface area contributed by atoms with Crippen molar-refractivity contribution < 1.29 is 9.47 Å². The quantitative estimate of drug-likeness (QED) is 0.0385. The maximum absolute atomic E-state index is 7.03. The summed E-state index contributed by atoms with van der Waals surface area (Å²) in [6, 6.07) is 25.2. The third-order valence-electron chi connectivity index (χ3n) is 13.7. The maximum Gasteiger partial charge on any atom is 0.172 e. The summed E-state index contributed by atoms with van der Waals surface area (Å²) in [5, 5.41) is 4.86. The highest BCUT2D eigenvalue weighted by Crippen LogP contribution is 2.53. The van der Waals surface area contributed by atoms with Crippen molar-refractivity contribution >= 4 is 67.2 Å². The summed E-state index contributed by atoms with van der Waals surface area (Å²) in [5.74, 6) is 2.35. The molecule has 0 fully saturated rings. The van der Waals surface area contributed by atoms with Gasteiger partial charge in [-0.15, -0.1) is 22.7 Å². The highest BCUT2D eigenvalue weighted by atomic mass is 32.1. The zero-order valence-electron chi connectivity index (χ0n) is 41.0. The van der Waals surface area contributed by atoms with E-state index in [0.29, 0.717) is 19.1 Å². The summed E-state index contributed by atoms with van der Waals surface area (Å²) in [6.07, 6.45) is 30.7. The molecule has 7 aromatic rings. The Hall–Kier alpha value is -3.72. The summed E-state index contributed by atoms with van der Waals surface area (Å²) in [5.41, 5.74) is 7.84. The molecule has 0 aliphatic carbocycles. The minimum atomic E-state index is 0.650. The Morgan fingerprint density at radius 3 is 1.64 bits per heavy atom. The van der Waals surface area contributed by atoms with Gasteiger partial charge >= 0.3 is 0 Å². The first-order chi connectivity index (χ1) is 32.7. The van der Waals surface area contributed by atoms with Crippen LogP contribution in [0.1, 0.15) is 182 Å². The maximum atomic E-state index is 7.03. The average Bonchev–Trinajstić information content (AvgIpc) is 4.19. The molecule has 66 heavy (non-hydrogen) atoms. The molecule has 7 rings (SSSR count).